The minimum Gasteiger partial charge on any atom is -0.313 e. The van der Waals surface area contributed by atoms with Crippen LogP contribution in [-0.4, -0.2) is 34.7 Å². The number of carbonyl (C=O) groups is 1. The van der Waals surface area contributed by atoms with Crippen molar-refractivity contribution in [3.8, 4) is 0 Å². The van der Waals surface area contributed by atoms with Gasteiger partial charge in [0.25, 0.3) is 5.69 Å². The normalized spacial score (nSPS) is 13.8. The van der Waals surface area contributed by atoms with Crippen molar-refractivity contribution in [1.82, 2.24) is 0 Å². The van der Waals surface area contributed by atoms with Crippen LogP contribution in [0.4, 0.5) is 11.4 Å². The number of ketones is 1. The molecule has 1 aliphatic rings. The maximum Gasteiger partial charge on any atom is 0.269 e. The summed E-state index contributed by atoms with van der Waals surface area (Å²) in [5.74, 6) is 0.881. The van der Waals surface area contributed by atoms with E-state index >= 15 is 0 Å². The Hall–Kier alpha value is -2.67. The van der Waals surface area contributed by atoms with Crippen molar-refractivity contribution in [3.63, 3.8) is 0 Å². The lowest BCUT2D eigenvalue weighted by Gasteiger charge is -2.28. The number of amidine groups is 1. The molecule has 0 amide bonds. The van der Waals surface area contributed by atoms with Crippen molar-refractivity contribution >= 4 is 34.1 Å². The molecular formula is C20H21N3O3S. The Labute approximate surface area is 162 Å². The summed E-state index contributed by atoms with van der Waals surface area (Å²) >= 11 is 1.66. The van der Waals surface area contributed by atoms with Crippen molar-refractivity contribution < 1.29 is 9.72 Å². The fourth-order valence-electron chi connectivity index (χ4n) is 2.88. The maximum absolute atomic E-state index is 12.9. The number of nitrogens with zero attached hydrogens (tertiary/aromatic N) is 3. The van der Waals surface area contributed by atoms with Gasteiger partial charge in [-0.25, -0.2) is 0 Å². The monoisotopic (exact) mass is 383 g/mol. The molecule has 0 aliphatic carbocycles. The lowest BCUT2D eigenvalue weighted by molar-refractivity contribution is -0.384. The van der Waals surface area contributed by atoms with Gasteiger partial charge in [0.2, 0.25) is 0 Å². The molecule has 0 N–H and O–H groups in total. The SMILES string of the molecule is Cc1ccc(C)c(N(CC(=O)c2ccc([N+](=O)[O-])cc2)C2=NCCCS2)c1. The molecule has 1 heterocycles. The second-order valence-corrected chi connectivity index (χ2v) is 7.53. The number of aryl methyl sites for hydroxylation is 2. The van der Waals surface area contributed by atoms with Crippen LogP contribution in [0, 0.1) is 24.0 Å². The maximum atomic E-state index is 12.9. The van der Waals surface area contributed by atoms with Crippen LogP contribution >= 0.6 is 11.8 Å². The van der Waals surface area contributed by atoms with Crippen molar-refractivity contribution in [1.29, 1.82) is 0 Å². The number of nitro benzene ring substituents is 1. The zero-order valence-electron chi connectivity index (χ0n) is 15.3. The molecule has 0 atom stereocenters. The van der Waals surface area contributed by atoms with E-state index in [1.807, 2.05) is 30.9 Å². The number of benzene rings is 2. The molecular weight excluding hydrogens is 362 g/mol. The Kier molecular flexibility index (Phi) is 5.91. The van der Waals surface area contributed by atoms with Gasteiger partial charge in [0, 0.05) is 35.7 Å². The van der Waals surface area contributed by atoms with Crippen LogP contribution in [0.25, 0.3) is 0 Å². The fraction of sp³-hybridized carbons (Fsp3) is 0.300. The van der Waals surface area contributed by atoms with Crippen LogP contribution in [0.1, 0.15) is 27.9 Å². The molecule has 6 nitrogen and oxygen atoms in total. The minimum atomic E-state index is -0.468. The number of anilines is 1. The molecule has 0 aromatic heterocycles. The lowest BCUT2D eigenvalue weighted by Crippen LogP contribution is -2.36. The zero-order chi connectivity index (χ0) is 19.4. The summed E-state index contributed by atoms with van der Waals surface area (Å²) in [6.07, 6.45) is 1.03. The molecule has 3 rings (SSSR count). The Balaban J connectivity index is 1.91. The Bertz CT molecular complexity index is 894. The molecule has 0 unspecified atom stereocenters. The predicted octanol–water partition coefficient (Wildman–Crippen LogP) is 4.39. The molecule has 2 aromatic rings. The standard InChI is InChI=1S/C20H21N3O3S/c1-14-4-5-15(2)18(12-14)22(20-21-10-3-11-27-20)13-19(24)16-6-8-17(9-7-16)23(25)26/h4-9,12H,3,10-11,13H2,1-2H3. The Morgan fingerprint density at radius 3 is 2.59 bits per heavy atom. The van der Waals surface area contributed by atoms with Gasteiger partial charge in [0.1, 0.15) is 0 Å². The van der Waals surface area contributed by atoms with Gasteiger partial charge in [0.05, 0.1) is 11.5 Å². The first-order chi connectivity index (χ1) is 13.0. The van der Waals surface area contributed by atoms with Crippen molar-refractivity contribution in [2.24, 2.45) is 4.99 Å². The molecule has 0 saturated heterocycles. The van der Waals surface area contributed by atoms with Gasteiger partial charge in [-0.3, -0.25) is 19.9 Å². The summed E-state index contributed by atoms with van der Waals surface area (Å²) in [7, 11) is 0. The molecule has 27 heavy (non-hydrogen) atoms. The third-order valence-corrected chi connectivity index (χ3v) is 5.47. The van der Waals surface area contributed by atoms with E-state index < -0.39 is 4.92 Å². The number of thioether (sulfide) groups is 1. The summed E-state index contributed by atoms with van der Waals surface area (Å²) in [5.41, 5.74) is 3.59. The quantitative estimate of drug-likeness (QED) is 0.435. The van der Waals surface area contributed by atoms with Crippen molar-refractivity contribution in [2.45, 2.75) is 20.3 Å². The van der Waals surface area contributed by atoms with Crippen LogP contribution in [0.5, 0.6) is 0 Å². The van der Waals surface area contributed by atoms with E-state index in [-0.39, 0.29) is 18.0 Å². The zero-order valence-corrected chi connectivity index (χ0v) is 16.2. The fourth-order valence-corrected chi connectivity index (χ4v) is 3.84. The number of hydrogen-bond donors (Lipinski definition) is 0. The van der Waals surface area contributed by atoms with Gasteiger partial charge in [-0.05, 0) is 49.6 Å². The van der Waals surface area contributed by atoms with Crippen LogP contribution in [0.15, 0.2) is 47.5 Å². The van der Waals surface area contributed by atoms with Gasteiger partial charge in [-0.2, -0.15) is 0 Å². The smallest absolute Gasteiger partial charge is 0.269 e. The Morgan fingerprint density at radius 2 is 1.96 bits per heavy atom. The number of hydrogen-bond acceptors (Lipinski definition) is 6. The highest BCUT2D eigenvalue weighted by atomic mass is 32.2. The highest BCUT2D eigenvalue weighted by Crippen LogP contribution is 2.27. The molecule has 140 valence electrons. The lowest BCUT2D eigenvalue weighted by atomic mass is 10.1. The van der Waals surface area contributed by atoms with E-state index in [0.29, 0.717) is 5.56 Å². The van der Waals surface area contributed by atoms with Gasteiger partial charge in [0.15, 0.2) is 11.0 Å². The van der Waals surface area contributed by atoms with Crippen LogP contribution in [0.2, 0.25) is 0 Å². The predicted molar refractivity (Wildman–Crippen MR) is 110 cm³/mol. The number of nitro groups is 1. The van der Waals surface area contributed by atoms with Crippen LogP contribution < -0.4 is 4.90 Å². The van der Waals surface area contributed by atoms with Crippen LogP contribution in [0.3, 0.4) is 0 Å². The molecule has 0 fully saturated rings. The van der Waals surface area contributed by atoms with E-state index in [4.69, 9.17) is 0 Å². The van der Waals surface area contributed by atoms with E-state index in [0.717, 1.165) is 40.7 Å². The van der Waals surface area contributed by atoms with Crippen LogP contribution in [-0.2, 0) is 0 Å². The first-order valence-corrected chi connectivity index (χ1v) is 9.74. The average Bonchev–Trinajstić information content (AvgIpc) is 2.68. The number of aliphatic imine (C=N–C) groups is 1. The second kappa shape index (κ2) is 8.35. The van der Waals surface area contributed by atoms with Gasteiger partial charge in [-0.15, -0.1) is 0 Å². The van der Waals surface area contributed by atoms with Crippen molar-refractivity contribution in [2.75, 3.05) is 23.7 Å². The molecule has 0 bridgehead atoms. The Morgan fingerprint density at radius 1 is 1.22 bits per heavy atom. The topological polar surface area (TPSA) is 75.8 Å². The highest BCUT2D eigenvalue weighted by Gasteiger charge is 2.22. The van der Waals surface area contributed by atoms with Gasteiger partial charge in [-0.1, -0.05) is 23.9 Å². The number of rotatable bonds is 5. The molecule has 2 aromatic carbocycles. The molecule has 1 aliphatic heterocycles. The summed E-state index contributed by atoms with van der Waals surface area (Å²) < 4.78 is 0. The second-order valence-electron chi connectivity index (χ2n) is 6.47. The first-order valence-electron chi connectivity index (χ1n) is 8.75. The molecule has 0 spiro atoms. The van der Waals surface area contributed by atoms with E-state index in [9.17, 15) is 14.9 Å². The molecule has 7 heteroatoms. The van der Waals surface area contributed by atoms with Gasteiger partial charge < -0.3 is 4.90 Å². The summed E-state index contributed by atoms with van der Waals surface area (Å²) in [4.78, 5) is 29.8. The minimum absolute atomic E-state index is 0.0230. The third kappa shape index (κ3) is 4.54. The first kappa shape index (κ1) is 19.1. The summed E-state index contributed by atoms with van der Waals surface area (Å²) in [6.45, 7) is 4.95. The van der Waals surface area contributed by atoms with E-state index in [2.05, 4.69) is 11.1 Å². The summed E-state index contributed by atoms with van der Waals surface area (Å²) in [5, 5.41) is 11.7. The number of non-ortho nitro benzene ring substituents is 1. The van der Waals surface area contributed by atoms with Crippen molar-refractivity contribution in [3.05, 3.63) is 69.3 Å². The van der Waals surface area contributed by atoms with Gasteiger partial charge >= 0.3 is 0 Å². The highest BCUT2D eigenvalue weighted by molar-refractivity contribution is 8.14. The van der Waals surface area contributed by atoms with E-state index in [1.165, 1.54) is 24.3 Å². The molecule has 0 radical (unpaired) electrons. The molecule has 0 saturated carbocycles. The number of Topliss-reactive ketones (excluding diaryl/α,β-unsaturated/α-hetero) is 1. The average molecular weight is 383 g/mol. The third-order valence-electron chi connectivity index (χ3n) is 4.37. The summed E-state index contributed by atoms with van der Waals surface area (Å²) in [6, 6.07) is 11.9. The largest absolute Gasteiger partial charge is 0.313 e. The van der Waals surface area contributed by atoms with E-state index in [1.54, 1.807) is 11.8 Å². The number of carbonyl (C=O) groups excluding carboxylic acids is 1.